The van der Waals surface area contributed by atoms with Crippen molar-refractivity contribution in [3.05, 3.63) is 57.6 Å². The zero-order chi connectivity index (χ0) is 18.7. The molecule has 0 saturated carbocycles. The van der Waals surface area contributed by atoms with Crippen molar-refractivity contribution in [3.8, 4) is 0 Å². The number of rotatable bonds is 5. The molecule has 5 nitrogen and oxygen atoms in total. The minimum absolute atomic E-state index is 0.135. The van der Waals surface area contributed by atoms with Crippen LogP contribution in [-0.4, -0.2) is 23.3 Å². The number of aryl methyl sites for hydroxylation is 2. The Bertz CT molecular complexity index is 984. The van der Waals surface area contributed by atoms with E-state index < -0.39 is 0 Å². The van der Waals surface area contributed by atoms with Gasteiger partial charge < -0.3 is 10.6 Å². The highest BCUT2D eigenvalue weighted by molar-refractivity contribution is 7.22. The first-order valence-electron chi connectivity index (χ1n) is 8.14. The SMILES string of the molecule is Cc1ccc(C)c(NC(=O)CCNC(=O)c2ccc3nc(Cl)sc3c2)c1. The van der Waals surface area contributed by atoms with Crippen LogP contribution in [0, 0.1) is 13.8 Å². The van der Waals surface area contributed by atoms with Crippen molar-refractivity contribution in [1.82, 2.24) is 10.3 Å². The number of hydrogen-bond donors (Lipinski definition) is 2. The molecule has 3 aromatic rings. The van der Waals surface area contributed by atoms with E-state index in [9.17, 15) is 9.59 Å². The fourth-order valence-corrected chi connectivity index (χ4v) is 3.58. The van der Waals surface area contributed by atoms with Crippen LogP contribution >= 0.6 is 22.9 Å². The van der Waals surface area contributed by atoms with Crippen LogP contribution in [0.5, 0.6) is 0 Å². The Balaban J connectivity index is 1.54. The summed E-state index contributed by atoms with van der Waals surface area (Å²) < 4.78 is 1.30. The number of carbonyl (C=O) groups excluding carboxylic acids is 2. The molecule has 1 heterocycles. The second-order valence-corrected chi connectivity index (χ2v) is 7.63. The number of amides is 2. The Kier molecular flexibility index (Phi) is 5.54. The number of halogens is 1. The molecule has 2 aromatic carbocycles. The summed E-state index contributed by atoms with van der Waals surface area (Å²) in [6, 6.07) is 11.1. The zero-order valence-electron chi connectivity index (χ0n) is 14.4. The van der Waals surface area contributed by atoms with Crippen molar-refractivity contribution < 1.29 is 9.59 Å². The predicted octanol–water partition coefficient (Wildman–Crippen LogP) is 4.33. The number of fused-ring (bicyclic) bond motifs is 1. The smallest absolute Gasteiger partial charge is 0.251 e. The molecular weight excluding hydrogens is 370 g/mol. The van der Waals surface area contributed by atoms with E-state index in [2.05, 4.69) is 15.6 Å². The van der Waals surface area contributed by atoms with Crippen molar-refractivity contribution in [2.75, 3.05) is 11.9 Å². The topological polar surface area (TPSA) is 71.1 Å². The van der Waals surface area contributed by atoms with Crippen LogP contribution in [0.4, 0.5) is 5.69 Å². The highest BCUT2D eigenvalue weighted by Gasteiger charge is 2.10. The van der Waals surface area contributed by atoms with E-state index in [1.165, 1.54) is 11.3 Å². The molecule has 0 aliphatic rings. The lowest BCUT2D eigenvalue weighted by atomic mass is 10.1. The maximum absolute atomic E-state index is 12.2. The van der Waals surface area contributed by atoms with E-state index in [-0.39, 0.29) is 24.8 Å². The van der Waals surface area contributed by atoms with Gasteiger partial charge in [-0.05, 0) is 49.2 Å². The molecule has 134 valence electrons. The molecule has 0 fully saturated rings. The molecule has 0 atom stereocenters. The zero-order valence-corrected chi connectivity index (χ0v) is 16.0. The van der Waals surface area contributed by atoms with Gasteiger partial charge >= 0.3 is 0 Å². The number of hydrogen-bond acceptors (Lipinski definition) is 4. The summed E-state index contributed by atoms with van der Waals surface area (Å²) in [6.45, 7) is 4.18. The Labute approximate surface area is 160 Å². The van der Waals surface area contributed by atoms with Gasteiger partial charge in [0.2, 0.25) is 5.91 Å². The van der Waals surface area contributed by atoms with Gasteiger partial charge in [0.1, 0.15) is 0 Å². The van der Waals surface area contributed by atoms with Crippen molar-refractivity contribution in [3.63, 3.8) is 0 Å². The van der Waals surface area contributed by atoms with Crippen LogP contribution < -0.4 is 10.6 Å². The van der Waals surface area contributed by atoms with E-state index in [0.29, 0.717) is 10.0 Å². The van der Waals surface area contributed by atoms with Crippen LogP contribution in [0.15, 0.2) is 36.4 Å². The molecular formula is C19H18ClN3O2S. The van der Waals surface area contributed by atoms with Crippen LogP contribution in [0.3, 0.4) is 0 Å². The first-order valence-corrected chi connectivity index (χ1v) is 9.33. The number of benzene rings is 2. The Morgan fingerprint density at radius 1 is 1.15 bits per heavy atom. The molecule has 7 heteroatoms. The van der Waals surface area contributed by atoms with E-state index in [1.54, 1.807) is 18.2 Å². The lowest BCUT2D eigenvalue weighted by Crippen LogP contribution is -2.27. The van der Waals surface area contributed by atoms with Gasteiger partial charge in [-0.1, -0.05) is 23.7 Å². The summed E-state index contributed by atoms with van der Waals surface area (Å²) in [5.41, 5.74) is 4.17. The third-order valence-corrected chi connectivity index (χ3v) is 5.05. The highest BCUT2D eigenvalue weighted by Crippen LogP contribution is 2.26. The molecule has 26 heavy (non-hydrogen) atoms. The average molecular weight is 388 g/mol. The van der Waals surface area contributed by atoms with Gasteiger partial charge in [-0.25, -0.2) is 4.98 Å². The van der Waals surface area contributed by atoms with Crippen molar-refractivity contribution in [2.24, 2.45) is 0 Å². The summed E-state index contributed by atoms with van der Waals surface area (Å²) in [6.07, 6.45) is 0.202. The quantitative estimate of drug-likeness (QED) is 0.684. The molecule has 0 spiro atoms. The summed E-state index contributed by atoms with van der Waals surface area (Å²) >= 11 is 7.21. The first kappa shape index (κ1) is 18.4. The van der Waals surface area contributed by atoms with Crippen molar-refractivity contribution in [2.45, 2.75) is 20.3 Å². The van der Waals surface area contributed by atoms with Crippen LogP contribution in [0.1, 0.15) is 27.9 Å². The normalized spacial score (nSPS) is 10.7. The molecule has 0 aliphatic heterocycles. The number of anilines is 1. The molecule has 3 rings (SSSR count). The molecule has 0 saturated heterocycles. The Morgan fingerprint density at radius 2 is 1.96 bits per heavy atom. The van der Waals surface area contributed by atoms with E-state index in [4.69, 9.17) is 11.6 Å². The minimum Gasteiger partial charge on any atom is -0.352 e. The van der Waals surface area contributed by atoms with Crippen LogP contribution in [0.25, 0.3) is 10.2 Å². The molecule has 0 bridgehead atoms. The van der Waals surface area contributed by atoms with E-state index >= 15 is 0 Å². The Morgan fingerprint density at radius 3 is 2.77 bits per heavy atom. The van der Waals surface area contributed by atoms with Gasteiger partial charge in [-0.2, -0.15) is 0 Å². The van der Waals surface area contributed by atoms with Crippen molar-refractivity contribution >= 4 is 50.7 Å². The van der Waals surface area contributed by atoms with E-state index in [1.807, 2.05) is 32.0 Å². The molecule has 0 aliphatic carbocycles. The maximum Gasteiger partial charge on any atom is 0.251 e. The number of nitrogens with one attached hydrogen (secondary N) is 2. The molecule has 2 N–H and O–H groups in total. The van der Waals surface area contributed by atoms with Gasteiger partial charge in [0.25, 0.3) is 5.91 Å². The van der Waals surface area contributed by atoms with Gasteiger partial charge in [-0.3, -0.25) is 9.59 Å². The third-order valence-electron chi connectivity index (χ3n) is 3.93. The average Bonchev–Trinajstić information content (AvgIpc) is 2.97. The number of aromatic nitrogens is 1. The van der Waals surface area contributed by atoms with Gasteiger partial charge in [0.05, 0.1) is 10.2 Å². The molecule has 0 radical (unpaired) electrons. The second kappa shape index (κ2) is 7.85. The van der Waals surface area contributed by atoms with Crippen LogP contribution in [0.2, 0.25) is 4.47 Å². The summed E-state index contributed by atoms with van der Waals surface area (Å²) in [7, 11) is 0. The maximum atomic E-state index is 12.2. The van der Waals surface area contributed by atoms with Crippen LogP contribution in [-0.2, 0) is 4.79 Å². The summed E-state index contributed by atoms with van der Waals surface area (Å²) in [5.74, 6) is -0.361. The van der Waals surface area contributed by atoms with Gasteiger partial charge in [0.15, 0.2) is 4.47 Å². The Hall–Kier alpha value is -2.44. The summed E-state index contributed by atoms with van der Waals surface area (Å²) in [5, 5.41) is 5.64. The monoisotopic (exact) mass is 387 g/mol. The fraction of sp³-hybridized carbons (Fsp3) is 0.211. The number of nitrogens with zero attached hydrogens (tertiary/aromatic N) is 1. The molecule has 2 amide bonds. The lowest BCUT2D eigenvalue weighted by Gasteiger charge is -2.10. The van der Waals surface area contributed by atoms with Gasteiger partial charge in [0, 0.05) is 24.2 Å². The highest BCUT2D eigenvalue weighted by atomic mass is 35.5. The molecule has 0 unspecified atom stereocenters. The standard InChI is InChI=1S/C19H18ClN3O2S/c1-11-3-4-12(2)15(9-11)22-17(24)7-8-21-18(25)13-5-6-14-16(10-13)26-19(20)23-14/h3-6,9-10H,7-8H2,1-2H3,(H,21,25)(H,22,24). The number of carbonyl (C=O) groups is 2. The van der Waals surface area contributed by atoms with Crippen molar-refractivity contribution in [1.29, 1.82) is 0 Å². The predicted molar refractivity (Wildman–Crippen MR) is 106 cm³/mol. The third kappa shape index (κ3) is 4.39. The lowest BCUT2D eigenvalue weighted by molar-refractivity contribution is -0.116. The number of thiazole rings is 1. The fourth-order valence-electron chi connectivity index (χ4n) is 2.51. The summed E-state index contributed by atoms with van der Waals surface area (Å²) in [4.78, 5) is 28.5. The van der Waals surface area contributed by atoms with E-state index in [0.717, 1.165) is 27.0 Å². The largest absolute Gasteiger partial charge is 0.352 e. The first-order chi connectivity index (χ1) is 12.4. The minimum atomic E-state index is -0.226. The molecule has 1 aromatic heterocycles. The second-order valence-electron chi connectivity index (χ2n) is 6.02. The van der Waals surface area contributed by atoms with Gasteiger partial charge in [-0.15, -0.1) is 11.3 Å².